The fraction of sp³-hybridized carbons (Fsp3) is 0.429. The molecule has 0 radical (unpaired) electrons. The molecule has 0 bridgehead atoms. The van der Waals surface area contributed by atoms with Crippen molar-refractivity contribution in [1.82, 2.24) is 20.6 Å². The molecule has 1 fully saturated rings. The monoisotopic (exact) mass is 396 g/mol. The third kappa shape index (κ3) is 5.91. The van der Waals surface area contributed by atoms with E-state index in [2.05, 4.69) is 30.8 Å². The Hall–Kier alpha value is -3.16. The van der Waals surface area contributed by atoms with Crippen LogP contribution >= 0.6 is 0 Å². The van der Waals surface area contributed by atoms with E-state index in [9.17, 15) is 9.59 Å². The molecule has 154 valence electrons. The third-order valence-electron chi connectivity index (χ3n) is 4.94. The molecule has 3 rings (SSSR count). The molecule has 1 aliphatic rings. The third-order valence-corrected chi connectivity index (χ3v) is 4.94. The number of para-hydroxylation sites is 1. The van der Waals surface area contributed by atoms with Gasteiger partial charge in [-0.05, 0) is 37.0 Å². The van der Waals surface area contributed by atoms with E-state index >= 15 is 0 Å². The lowest BCUT2D eigenvalue weighted by molar-refractivity contribution is -0.124. The highest BCUT2D eigenvalue weighted by Gasteiger charge is 2.28. The number of rotatable bonds is 6. The minimum atomic E-state index is -0.603. The molecule has 0 spiro atoms. The number of urea groups is 1. The quantitative estimate of drug-likeness (QED) is 0.696. The molecule has 1 saturated heterocycles. The van der Waals surface area contributed by atoms with E-state index < -0.39 is 6.04 Å². The van der Waals surface area contributed by atoms with Gasteiger partial charge in [-0.25, -0.2) is 14.8 Å². The molecule has 0 aliphatic carbocycles. The number of piperidine rings is 1. The number of benzene rings is 1. The molecule has 8 heteroatoms. The molecule has 2 heterocycles. The number of hydrogen-bond acceptors (Lipinski definition) is 5. The molecule has 3 amide bonds. The second kappa shape index (κ2) is 9.86. The van der Waals surface area contributed by atoms with Gasteiger partial charge in [-0.1, -0.05) is 32.0 Å². The van der Waals surface area contributed by atoms with Crippen molar-refractivity contribution in [2.75, 3.05) is 23.3 Å². The molecule has 1 aliphatic heterocycles. The summed E-state index contributed by atoms with van der Waals surface area (Å²) in [5, 5.41) is 8.65. The van der Waals surface area contributed by atoms with Gasteiger partial charge in [0.25, 0.3) is 0 Å². The number of anilines is 2. The number of hydrogen-bond donors (Lipinski definition) is 3. The van der Waals surface area contributed by atoms with Gasteiger partial charge in [0.1, 0.15) is 6.04 Å². The van der Waals surface area contributed by atoms with Gasteiger partial charge in [0.15, 0.2) is 0 Å². The van der Waals surface area contributed by atoms with Gasteiger partial charge in [-0.15, -0.1) is 0 Å². The van der Waals surface area contributed by atoms with Gasteiger partial charge >= 0.3 is 6.03 Å². The van der Waals surface area contributed by atoms with Gasteiger partial charge in [0.05, 0.1) is 0 Å². The minimum Gasteiger partial charge on any atom is -0.351 e. The first-order valence-electron chi connectivity index (χ1n) is 9.98. The molecule has 1 aromatic heterocycles. The topological polar surface area (TPSA) is 99.2 Å². The summed E-state index contributed by atoms with van der Waals surface area (Å²) in [6.45, 7) is 5.40. The lowest BCUT2D eigenvalue weighted by Crippen LogP contribution is -2.54. The average molecular weight is 396 g/mol. The lowest BCUT2D eigenvalue weighted by atomic mass is 10.0. The Kier molecular flexibility index (Phi) is 6.99. The van der Waals surface area contributed by atoms with Crippen molar-refractivity contribution in [2.24, 2.45) is 5.92 Å². The van der Waals surface area contributed by atoms with Crippen molar-refractivity contribution in [3.63, 3.8) is 0 Å². The molecule has 0 saturated carbocycles. The second-order valence-electron chi connectivity index (χ2n) is 7.50. The first-order chi connectivity index (χ1) is 14.0. The van der Waals surface area contributed by atoms with Gasteiger partial charge in [-0.3, -0.25) is 4.79 Å². The van der Waals surface area contributed by atoms with E-state index in [1.807, 2.05) is 32.0 Å². The maximum absolute atomic E-state index is 12.8. The van der Waals surface area contributed by atoms with Crippen molar-refractivity contribution in [3.05, 3.63) is 48.8 Å². The van der Waals surface area contributed by atoms with Crippen LogP contribution in [0.2, 0.25) is 0 Å². The van der Waals surface area contributed by atoms with E-state index in [1.54, 1.807) is 30.6 Å². The van der Waals surface area contributed by atoms with Gasteiger partial charge < -0.3 is 20.9 Å². The van der Waals surface area contributed by atoms with Gasteiger partial charge in [0.2, 0.25) is 11.9 Å². The summed E-state index contributed by atoms with van der Waals surface area (Å²) in [6.07, 6.45) is 5.08. The Morgan fingerprint density at radius 3 is 2.31 bits per heavy atom. The van der Waals surface area contributed by atoms with Crippen molar-refractivity contribution in [1.29, 1.82) is 0 Å². The minimum absolute atomic E-state index is 0.0330. The van der Waals surface area contributed by atoms with Crippen molar-refractivity contribution in [2.45, 2.75) is 38.8 Å². The fourth-order valence-corrected chi connectivity index (χ4v) is 3.33. The second-order valence-corrected chi connectivity index (χ2v) is 7.50. The Morgan fingerprint density at radius 1 is 1.03 bits per heavy atom. The van der Waals surface area contributed by atoms with Crippen LogP contribution in [0.1, 0.15) is 26.7 Å². The molecular formula is C21H28N6O2. The van der Waals surface area contributed by atoms with Crippen LogP contribution in [0.25, 0.3) is 0 Å². The fourth-order valence-electron chi connectivity index (χ4n) is 3.33. The van der Waals surface area contributed by atoms with E-state index in [1.165, 1.54) is 0 Å². The molecule has 2 aromatic rings. The molecule has 1 atom stereocenters. The smallest absolute Gasteiger partial charge is 0.319 e. The van der Waals surface area contributed by atoms with Crippen molar-refractivity contribution < 1.29 is 9.59 Å². The zero-order chi connectivity index (χ0) is 20.6. The molecule has 3 N–H and O–H groups in total. The number of aromatic nitrogens is 2. The Labute approximate surface area is 171 Å². The number of carbonyl (C=O) groups excluding carboxylic acids is 2. The highest BCUT2D eigenvalue weighted by atomic mass is 16.2. The van der Waals surface area contributed by atoms with Crippen LogP contribution in [0.3, 0.4) is 0 Å². The van der Waals surface area contributed by atoms with Crippen LogP contribution in [0.5, 0.6) is 0 Å². The standard InChI is InChI=1S/C21H28N6O2/c1-15(2)18(26-21(29)25-16-7-4-3-5-8-16)19(28)24-17-9-13-27(14-10-17)20-22-11-6-12-23-20/h3-8,11-12,15,17-18H,9-10,13-14H2,1-2H3,(H,24,28)(H2,25,26,29). The van der Waals surface area contributed by atoms with E-state index in [-0.39, 0.29) is 23.9 Å². The summed E-state index contributed by atoms with van der Waals surface area (Å²) in [5.41, 5.74) is 0.684. The molecule has 8 nitrogen and oxygen atoms in total. The van der Waals surface area contributed by atoms with E-state index in [0.717, 1.165) is 31.9 Å². The lowest BCUT2D eigenvalue weighted by Gasteiger charge is -2.33. The molecule has 1 aromatic carbocycles. The number of nitrogens with one attached hydrogen (secondary N) is 3. The first-order valence-corrected chi connectivity index (χ1v) is 9.98. The van der Waals surface area contributed by atoms with Crippen LogP contribution in [-0.2, 0) is 4.79 Å². The maximum Gasteiger partial charge on any atom is 0.319 e. The Balaban J connectivity index is 1.50. The summed E-state index contributed by atoms with van der Waals surface area (Å²) in [7, 11) is 0. The van der Waals surface area contributed by atoms with Crippen molar-refractivity contribution in [3.8, 4) is 0 Å². The largest absolute Gasteiger partial charge is 0.351 e. The summed E-state index contributed by atoms with van der Waals surface area (Å²) in [5.74, 6) is 0.531. The summed E-state index contributed by atoms with van der Waals surface area (Å²) in [6, 6.07) is 10.0. The number of amides is 3. The van der Waals surface area contributed by atoms with Crippen LogP contribution < -0.4 is 20.9 Å². The molecule has 1 unspecified atom stereocenters. The zero-order valence-electron chi connectivity index (χ0n) is 16.8. The van der Waals surface area contributed by atoms with Gasteiger partial charge in [-0.2, -0.15) is 0 Å². The predicted octanol–water partition coefficient (Wildman–Crippen LogP) is 2.41. The highest BCUT2D eigenvalue weighted by Crippen LogP contribution is 2.16. The first kappa shape index (κ1) is 20.6. The van der Waals surface area contributed by atoms with Gasteiger partial charge in [0, 0.05) is 37.2 Å². The average Bonchev–Trinajstić information content (AvgIpc) is 2.73. The summed E-state index contributed by atoms with van der Waals surface area (Å²) < 4.78 is 0. The summed E-state index contributed by atoms with van der Waals surface area (Å²) in [4.78, 5) is 35.8. The van der Waals surface area contributed by atoms with Crippen LogP contribution in [0, 0.1) is 5.92 Å². The number of nitrogens with zero attached hydrogens (tertiary/aromatic N) is 3. The van der Waals surface area contributed by atoms with E-state index in [0.29, 0.717) is 5.69 Å². The van der Waals surface area contributed by atoms with Crippen molar-refractivity contribution >= 4 is 23.6 Å². The Bertz CT molecular complexity index is 791. The molecular weight excluding hydrogens is 368 g/mol. The molecule has 29 heavy (non-hydrogen) atoms. The zero-order valence-corrected chi connectivity index (χ0v) is 16.8. The SMILES string of the molecule is CC(C)C(NC(=O)Nc1ccccc1)C(=O)NC1CCN(c2ncccn2)CC1. The van der Waals surface area contributed by atoms with Crippen LogP contribution in [0.4, 0.5) is 16.4 Å². The van der Waals surface area contributed by atoms with Crippen LogP contribution in [-0.4, -0.2) is 47.1 Å². The predicted molar refractivity (Wildman–Crippen MR) is 113 cm³/mol. The summed E-state index contributed by atoms with van der Waals surface area (Å²) >= 11 is 0. The van der Waals surface area contributed by atoms with Crippen LogP contribution in [0.15, 0.2) is 48.8 Å². The van der Waals surface area contributed by atoms with E-state index in [4.69, 9.17) is 0 Å². The Morgan fingerprint density at radius 2 is 1.69 bits per heavy atom. The normalized spacial score (nSPS) is 15.6. The maximum atomic E-state index is 12.8. The highest BCUT2D eigenvalue weighted by molar-refractivity contribution is 5.93. The number of carbonyl (C=O) groups is 2.